The Morgan fingerprint density at radius 3 is 1.42 bits per heavy atom. The molecule has 1 heterocycles. The van der Waals surface area contributed by atoms with Crippen LogP contribution in [0.15, 0.2) is 91.0 Å². The minimum Gasteiger partial charge on any atom is -0.317 e. The van der Waals surface area contributed by atoms with Gasteiger partial charge in [0.05, 0.1) is 0 Å². The molecule has 0 aliphatic carbocycles. The van der Waals surface area contributed by atoms with E-state index in [2.05, 4.69) is 0 Å². The van der Waals surface area contributed by atoms with Gasteiger partial charge in [-0.25, -0.2) is 0 Å². The highest BCUT2D eigenvalue weighted by Crippen LogP contribution is 2.72. The van der Waals surface area contributed by atoms with E-state index in [-0.39, 0.29) is 17.1 Å². The lowest BCUT2D eigenvalue weighted by molar-refractivity contribution is -0.119. The van der Waals surface area contributed by atoms with E-state index in [9.17, 15) is 9.36 Å². The lowest BCUT2D eigenvalue weighted by Gasteiger charge is -2.39. The van der Waals surface area contributed by atoms with Crippen LogP contribution in [-0.4, -0.2) is 5.78 Å². The van der Waals surface area contributed by atoms with E-state index < -0.39 is 7.14 Å². The second-order valence-electron chi connectivity index (χ2n) is 6.84. The standard InChI is InChI=1S/C23H21O2P/c24-20-16-22(18-10-4-1-5-11-18)26(25,21-14-8-3-9-15-21)23(17-20)19-12-6-2-7-13-19/h1-15,22-23H,16-17H2. The fourth-order valence-electron chi connectivity index (χ4n) is 4.05. The van der Waals surface area contributed by atoms with Gasteiger partial charge >= 0.3 is 0 Å². The number of hydrogen-bond acceptors (Lipinski definition) is 2. The Kier molecular flexibility index (Phi) is 4.61. The summed E-state index contributed by atoms with van der Waals surface area (Å²) in [7, 11) is -2.89. The van der Waals surface area contributed by atoms with Crippen LogP contribution in [0.25, 0.3) is 0 Å². The predicted octanol–water partition coefficient (Wildman–Crippen LogP) is 5.52. The molecule has 0 amide bonds. The summed E-state index contributed by atoms with van der Waals surface area (Å²) in [6, 6.07) is 29.5. The lowest BCUT2D eigenvalue weighted by Crippen LogP contribution is -2.26. The van der Waals surface area contributed by atoms with Gasteiger partial charge in [-0.2, -0.15) is 0 Å². The van der Waals surface area contributed by atoms with E-state index in [4.69, 9.17) is 0 Å². The molecule has 0 bridgehead atoms. The topological polar surface area (TPSA) is 34.1 Å². The van der Waals surface area contributed by atoms with Crippen LogP contribution in [0.3, 0.4) is 0 Å². The summed E-state index contributed by atoms with van der Waals surface area (Å²) in [5, 5.41) is 0.871. The zero-order valence-corrected chi connectivity index (χ0v) is 15.4. The van der Waals surface area contributed by atoms with Gasteiger partial charge in [-0.15, -0.1) is 0 Å². The summed E-state index contributed by atoms with van der Waals surface area (Å²) in [5.41, 5.74) is 1.46. The summed E-state index contributed by atoms with van der Waals surface area (Å²) in [5.74, 6) is 0.190. The lowest BCUT2D eigenvalue weighted by atomic mass is 10.0. The maximum Gasteiger partial charge on any atom is 0.135 e. The molecule has 3 heteroatoms. The number of Topliss-reactive ketones (excluding diaryl/α,β-unsaturated/α-hetero) is 1. The number of hydrogen-bond donors (Lipinski definition) is 0. The van der Waals surface area contributed by atoms with Crippen LogP contribution in [-0.2, 0) is 9.36 Å². The van der Waals surface area contributed by atoms with E-state index in [1.807, 2.05) is 91.0 Å². The molecular weight excluding hydrogens is 339 g/mol. The highest BCUT2D eigenvalue weighted by atomic mass is 31.2. The third-order valence-corrected chi connectivity index (χ3v) is 9.22. The van der Waals surface area contributed by atoms with E-state index in [0.717, 1.165) is 16.4 Å². The van der Waals surface area contributed by atoms with E-state index in [0.29, 0.717) is 12.8 Å². The van der Waals surface area contributed by atoms with Crippen LogP contribution in [0.2, 0.25) is 0 Å². The van der Waals surface area contributed by atoms with Crippen LogP contribution >= 0.6 is 7.14 Å². The van der Waals surface area contributed by atoms with Crippen molar-refractivity contribution < 1.29 is 9.36 Å². The maximum absolute atomic E-state index is 14.7. The second kappa shape index (κ2) is 7.05. The Balaban J connectivity index is 1.93. The number of carbonyl (C=O) groups is 1. The number of ketones is 1. The Labute approximate surface area is 154 Å². The van der Waals surface area contributed by atoms with E-state index >= 15 is 0 Å². The van der Waals surface area contributed by atoms with Crippen LogP contribution in [0, 0.1) is 0 Å². The summed E-state index contributed by atoms with van der Waals surface area (Å²) in [6.07, 6.45) is 0.693. The first kappa shape index (κ1) is 17.0. The fraction of sp³-hybridized carbons (Fsp3) is 0.174. The van der Waals surface area contributed by atoms with Crippen LogP contribution in [0.4, 0.5) is 0 Å². The van der Waals surface area contributed by atoms with Gasteiger partial charge in [0.25, 0.3) is 0 Å². The minimum absolute atomic E-state index is 0.190. The van der Waals surface area contributed by atoms with Crippen molar-refractivity contribution in [2.24, 2.45) is 0 Å². The second-order valence-corrected chi connectivity index (χ2v) is 10.0. The average Bonchev–Trinajstić information content (AvgIpc) is 2.71. The summed E-state index contributed by atoms with van der Waals surface area (Å²) >= 11 is 0. The summed E-state index contributed by atoms with van der Waals surface area (Å²) in [4.78, 5) is 12.6. The zero-order chi connectivity index (χ0) is 18.0. The molecule has 0 saturated carbocycles. The van der Waals surface area contributed by atoms with Crippen LogP contribution in [0.1, 0.15) is 35.3 Å². The first-order valence-electron chi connectivity index (χ1n) is 8.96. The van der Waals surface area contributed by atoms with Gasteiger partial charge in [-0.05, 0) is 11.1 Å². The quantitative estimate of drug-likeness (QED) is 0.576. The molecule has 26 heavy (non-hydrogen) atoms. The smallest absolute Gasteiger partial charge is 0.135 e. The zero-order valence-electron chi connectivity index (χ0n) is 14.5. The Morgan fingerprint density at radius 1 is 0.615 bits per heavy atom. The van der Waals surface area contributed by atoms with E-state index in [1.165, 1.54) is 0 Å². The molecule has 3 aromatic carbocycles. The molecule has 1 aliphatic rings. The summed E-state index contributed by atoms with van der Waals surface area (Å²) in [6.45, 7) is 0. The van der Waals surface area contributed by atoms with Crippen molar-refractivity contribution in [1.29, 1.82) is 0 Å². The molecule has 0 N–H and O–H groups in total. The monoisotopic (exact) mass is 360 g/mol. The number of carbonyl (C=O) groups excluding carboxylic acids is 1. The van der Waals surface area contributed by atoms with Gasteiger partial charge in [0, 0.05) is 29.5 Å². The number of benzene rings is 3. The fourth-order valence-corrected chi connectivity index (χ4v) is 8.03. The molecule has 2 nitrogen and oxygen atoms in total. The van der Waals surface area contributed by atoms with E-state index in [1.54, 1.807) is 0 Å². The maximum atomic E-state index is 14.7. The van der Waals surface area contributed by atoms with Gasteiger partial charge in [0.2, 0.25) is 0 Å². The molecule has 1 fully saturated rings. The van der Waals surface area contributed by atoms with Gasteiger partial charge < -0.3 is 4.57 Å². The molecule has 4 rings (SSSR count). The highest BCUT2D eigenvalue weighted by Gasteiger charge is 2.48. The van der Waals surface area contributed by atoms with Crippen LogP contribution in [0.5, 0.6) is 0 Å². The van der Waals surface area contributed by atoms with Crippen molar-refractivity contribution in [3.05, 3.63) is 102 Å². The average molecular weight is 360 g/mol. The Morgan fingerprint density at radius 2 is 1.00 bits per heavy atom. The van der Waals surface area contributed by atoms with Gasteiger partial charge in [0.1, 0.15) is 12.9 Å². The molecular formula is C23H21O2P. The Bertz CT molecular complexity index is 880. The molecule has 2 unspecified atom stereocenters. The molecule has 1 aliphatic heterocycles. The Hall–Kier alpha value is -2.44. The van der Waals surface area contributed by atoms with Crippen molar-refractivity contribution in [2.45, 2.75) is 24.2 Å². The molecule has 2 atom stereocenters. The summed E-state index contributed by atoms with van der Waals surface area (Å²) < 4.78 is 14.7. The van der Waals surface area contributed by atoms with Crippen molar-refractivity contribution in [3.63, 3.8) is 0 Å². The van der Waals surface area contributed by atoms with Gasteiger partial charge in [-0.1, -0.05) is 91.0 Å². The highest BCUT2D eigenvalue weighted by molar-refractivity contribution is 7.72. The van der Waals surface area contributed by atoms with Crippen molar-refractivity contribution in [2.75, 3.05) is 0 Å². The number of rotatable bonds is 3. The molecule has 0 radical (unpaired) electrons. The first-order chi connectivity index (χ1) is 12.7. The van der Waals surface area contributed by atoms with Crippen molar-refractivity contribution >= 4 is 18.2 Å². The van der Waals surface area contributed by atoms with Gasteiger partial charge in [-0.3, -0.25) is 4.79 Å². The third-order valence-electron chi connectivity index (χ3n) is 5.30. The predicted molar refractivity (Wildman–Crippen MR) is 106 cm³/mol. The van der Waals surface area contributed by atoms with Gasteiger partial charge in [0.15, 0.2) is 0 Å². The molecule has 130 valence electrons. The van der Waals surface area contributed by atoms with Crippen LogP contribution < -0.4 is 5.30 Å². The largest absolute Gasteiger partial charge is 0.317 e. The third kappa shape index (κ3) is 2.95. The SMILES string of the molecule is O=C1CC(c2ccccc2)P(=O)(c2ccccc2)C(c2ccccc2)C1. The van der Waals surface area contributed by atoms with Crippen molar-refractivity contribution in [1.82, 2.24) is 0 Å². The molecule has 1 saturated heterocycles. The molecule has 0 aromatic heterocycles. The first-order valence-corrected chi connectivity index (χ1v) is 10.8. The molecule has 0 spiro atoms. The minimum atomic E-state index is -2.89. The normalized spacial score (nSPS) is 25.8. The van der Waals surface area contributed by atoms with Crippen molar-refractivity contribution in [3.8, 4) is 0 Å². The molecule has 3 aromatic rings.